The number of rotatable bonds is 6. The Balaban J connectivity index is 1.35. The Morgan fingerprint density at radius 1 is 1.08 bits per heavy atom. The highest BCUT2D eigenvalue weighted by Crippen LogP contribution is 2.34. The van der Waals surface area contributed by atoms with Gasteiger partial charge in [-0.2, -0.15) is 0 Å². The molecular formula is C26H27F2N7O2. The summed E-state index contributed by atoms with van der Waals surface area (Å²) >= 11 is 0. The molecule has 0 bridgehead atoms. The topological polar surface area (TPSA) is 89.3 Å². The van der Waals surface area contributed by atoms with E-state index in [2.05, 4.69) is 31.8 Å². The average molecular weight is 508 g/mol. The van der Waals surface area contributed by atoms with Crippen LogP contribution in [-0.4, -0.2) is 62.5 Å². The second-order valence-electron chi connectivity index (χ2n) is 9.17. The van der Waals surface area contributed by atoms with Crippen molar-refractivity contribution in [2.24, 2.45) is 0 Å². The molecule has 4 aromatic rings. The SMILES string of the molecule is CCc1cnc(N2CCC(n3cc(F)c4c(Oc5ccc(C(=O)N(C)C)c(F)c5)ncnc43)CC2)nc1. The lowest BCUT2D eigenvalue weighted by Gasteiger charge is -2.32. The summed E-state index contributed by atoms with van der Waals surface area (Å²) in [7, 11) is 3.08. The number of piperidine rings is 1. The Kier molecular flexibility index (Phi) is 6.68. The van der Waals surface area contributed by atoms with Crippen molar-refractivity contribution in [3.63, 3.8) is 0 Å². The summed E-state index contributed by atoms with van der Waals surface area (Å²) in [6, 6.07) is 3.90. The van der Waals surface area contributed by atoms with Gasteiger partial charge in [0.05, 0.1) is 5.56 Å². The minimum absolute atomic E-state index is 0.0193. The Morgan fingerprint density at radius 3 is 2.46 bits per heavy atom. The van der Waals surface area contributed by atoms with E-state index in [1.54, 1.807) is 14.1 Å². The van der Waals surface area contributed by atoms with Crippen molar-refractivity contribution in [2.45, 2.75) is 32.2 Å². The number of hydrogen-bond acceptors (Lipinski definition) is 7. The van der Waals surface area contributed by atoms with E-state index in [-0.39, 0.29) is 28.6 Å². The quantitative estimate of drug-likeness (QED) is 0.382. The van der Waals surface area contributed by atoms with Gasteiger partial charge in [-0.25, -0.2) is 28.7 Å². The maximum absolute atomic E-state index is 15.1. The number of hydrogen-bond donors (Lipinski definition) is 0. The highest BCUT2D eigenvalue weighted by Gasteiger charge is 2.26. The van der Waals surface area contributed by atoms with Crippen molar-refractivity contribution in [2.75, 3.05) is 32.1 Å². The fourth-order valence-electron chi connectivity index (χ4n) is 4.49. The summed E-state index contributed by atoms with van der Waals surface area (Å²) in [5, 5.41) is 0.122. The van der Waals surface area contributed by atoms with Gasteiger partial charge in [0.15, 0.2) is 11.5 Å². The molecule has 9 nitrogen and oxygen atoms in total. The number of anilines is 1. The van der Waals surface area contributed by atoms with Crippen molar-refractivity contribution in [3.05, 3.63) is 65.9 Å². The van der Waals surface area contributed by atoms with Crippen LogP contribution in [0.4, 0.5) is 14.7 Å². The number of carbonyl (C=O) groups excluding carboxylic acids is 1. The number of ether oxygens (including phenoxy) is 1. The van der Waals surface area contributed by atoms with Crippen LogP contribution in [0.1, 0.15) is 41.7 Å². The van der Waals surface area contributed by atoms with Crippen LogP contribution in [0, 0.1) is 11.6 Å². The number of aryl methyl sites for hydroxylation is 1. The van der Waals surface area contributed by atoms with Crippen molar-refractivity contribution in [3.8, 4) is 11.6 Å². The van der Waals surface area contributed by atoms with E-state index in [1.165, 1.54) is 29.6 Å². The Morgan fingerprint density at radius 2 is 1.81 bits per heavy atom. The Bertz CT molecular complexity index is 1430. The van der Waals surface area contributed by atoms with Crippen molar-refractivity contribution in [1.29, 1.82) is 0 Å². The molecular weight excluding hydrogens is 480 g/mol. The van der Waals surface area contributed by atoms with Crippen LogP contribution >= 0.6 is 0 Å². The molecule has 0 unspecified atom stereocenters. The number of amides is 1. The number of halogens is 2. The summed E-state index contributed by atoms with van der Waals surface area (Å²) in [4.78, 5) is 32.9. The van der Waals surface area contributed by atoms with Crippen LogP contribution in [0.15, 0.2) is 43.1 Å². The molecule has 0 saturated carbocycles. The molecule has 0 spiro atoms. The van der Waals surface area contributed by atoms with Crippen molar-refractivity contribution in [1.82, 2.24) is 29.4 Å². The van der Waals surface area contributed by atoms with Crippen molar-refractivity contribution >= 4 is 22.9 Å². The van der Waals surface area contributed by atoms with E-state index in [1.807, 2.05) is 17.0 Å². The summed E-state index contributed by atoms with van der Waals surface area (Å²) in [6.45, 7) is 3.51. The lowest BCUT2D eigenvalue weighted by atomic mass is 10.1. The van der Waals surface area contributed by atoms with E-state index in [9.17, 15) is 9.18 Å². The third kappa shape index (κ3) is 4.81. The molecule has 11 heteroatoms. The minimum Gasteiger partial charge on any atom is -0.438 e. The van der Waals surface area contributed by atoms with E-state index in [4.69, 9.17) is 4.74 Å². The molecule has 0 aliphatic carbocycles. The number of benzene rings is 1. The fourth-order valence-corrected chi connectivity index (χ4v) is 4.49. The first-order valence-electron chi connectivity index (χ1n) is 12.1. The van der Waals surface area contributed by atoms with Gasteiger partial charge in [-0.05, 0) is 37.0 Å². The molecule has 0 N–H and O–H groups in total. The highest BCUT2D eigenvalue weighted by atomic mass is 19.1. The normalized spacial score (nSPS) is 14.2. The van der Waals surface area contributed by atoms with E-state index >= 15 is 4.39 Å². The number of fused-ring (bicyclic) bond motifs is 1. The van der Waals surface area contributed by atoms with Gasteiger partial charge in [-0.15, -0.1) is 0 Å². The molecule has 1 saturated heterocycles. The molecule has 1 aromatic carbocycles. The van der Waals surface area contributed by atoms with Crippen molar-refractivity contribution < 1.29 is 18.3 Å². The Hall–Kier alpha value is -4.15. The third-order valence-electron chi connectivity index (χ3n) is 6.56. The summed E-state index contributed by atoms with van der Waals surface area (Å²) in [5.41, 5.74) is 1.41. The van der Waals surface area contributed by atoms with Crippen LogP contribution in [0.5, 0.6) is 11.6 Å². The molecule has 1 aliphatic rings. The number of aromatic nitrogens is 5. The highest BCUT2D eigenvalue weighted by molar-refractivity contribution is 5.94. The molecule has 192 valence electrons. The van der Waals surface area contributed by atoms with Crippen LogP contribution < -0.4 is 9.64 Å². The van der Waals surface area contributed by atoms with Gasteiger partial charge in [-0.1, -0.05) is 6.92 Å². The first-order chi connectivity index (χ1) is 17.9. The first kappa shape index (κ1) is 24.5. The monoisotopic (exact) mass is 507 g/mol. The maximum atomic E-state index is 15.1. The average Bonchev–Trinajstić information content (AvgIpc) is 3.26. The second-order valence-corrected chi connectivity index (χ2v) is 9.17. The Labute approximate surface area is 212 Å². The molecule has 4 heterocycles. The zero-order chi connectivity index (χ0) is 26.1. The molecule has 0 atom stereocenters. The third-order valence-corrected chi connectivity index (χ3v) is 6.56. The molecule has 1 amide bonds. The summed E-state index contributed by atoms with van der Waals surface area (Å²) in [5.74, 6) is -0.947. The number of carbonyl (C=O) groups is 1. The molecule has 1 aliphatic heterocycles. The van der Waals surface area contributed by atoms with Crippen LogP contribution in [0.3, 0.4) is 0 Å². The summed E-state index contributed by atoms with van der Waals surface area (Å²) < 4.78 is 37.3. The van der Waals surface area contributed by atoms with Gasteiger partial charge >= 0.3 is 0 Å². The lowest BCUT2D eigenvalue weighted by Crippen LogP contribution is -2.35. The molecule has 37 heavy (non-hydrogen) atoms. The van der Waals surface area contributed by atoms with Gasteiger partial charge in [0.25, 0.3) is 5.91 Å². The maximum Gasteiger partial charge on any atom is 0.256 e. The number of nitrogens with zero attached hydrogens (tertiary/aromatic N) is 7. The van der Waals surface area contributed by atoms with Gasteiger partial charge in [0.1, 0.15) is 23.3 Å². The predicted octanol–water partition coefficient (Wildman–Crippen LogP) is 4.40. The van der Waals surface area contributed by atoms with Gasteiger partial charge in [0.2, 0.25) is 11.8 Å². The van der Waals surface area contributed by atoms with Crippen LogP contribution in [0.25, 0.3) is 11.0 Å². The zero-order valence-electron chi connectivity index (χ0n) is 20.9. The summed E-state index contributed by atoms with van der Waals surface area (Å²) in [6.07, 6.45) is 8.81. The van der Waals surface area contributed by atoms with Gasteiger partial charge in [0, 0.05) is 57.9 Å². The molecule has 0 radical (unpaired) electrons. The van der Waals surface area contributed by atoms with E-state index in [0.29, 0.717) is 11.6 Å². The predicted molar refractivity (Wildman–Crippen MR) is 134 cm³/mol. The standard InChI is InChI=1S/C26H27F2N7O2/c1-4-16-12-29-26(30-13-16)34-9-7-17(8-10-34)35-14-21(28)22-23(35)31-15-32-24(22)37-18-5-6-19(20(27)11-18)25(36)33(2)3/h5-6,11-15,17H,4,7-10H2,1-3H3. The first-order valence-corrected chi connectivity index (χ1v) is 12.1. The fraction of sp³-hybridized carbons (Fsp3) is 0.346. The largest absolute Gasteiger partial charge is 0.438 e. The molecule has 5 rings (SSSR count). The second kappa shape index (κ2) is 10.1. The van der Waals surface area contributed by atoms with Gasteiger partial charge in [-0.3, -0.25) is 4.79 Å². The molecule has 3 aromatic heterocycles. The zero-order valence-corrected chi connectivity index (χ0v) is 20.9. The lowest BCUT2D eigenvalue weighted by molar-refractivity contribution is 0.0823. The smallest absolute Gasteiger partial charge is 0.256 e. The van der Waals surface area contributed by atoms with Crippen LogP contribution in [0.2, 0.25) is 0 Å². The van der Waals surface area contributed by atoms with Crippen LogP contribution in [-0.2, 0) is 6.42 Å². The minimum atomic E-state index is -0.736. The van der Waals surface area contributed by atoms with E-state index < -0.39 is 17.5 Å². The van der Waals surface area contributed by atoms with E-state index in [0.717, 1.165) is 44.0 Å². The van der Waals surface area contributed by atoms with Gasteiger partial charge < -0.3 is 19.1 Å². The molecule has 1 fully saturated rings.